The lowest BCUT2D eigenvalue weighted by Crippen LogP contribution is -2.30. The Labute approximate surface area is 237 Å². The molecule has 0 fully saturated rings. The molecule has 0 amide bonds. The number of ether oxygens (including phenoxy) is 1. The molecule has 7 nitrogen and oxygen atoms in total. The number of fused-ring (bicyclic) bond motifs is 2. The number of carboxylic acids is 1. The van der Waals surface area contributed by atoms with E-state index in [4.69, 9.17) is 9.84 Å². The third kappa shape index (κ3) is 6.01. The van der Waals surface area contributed by atoms with Crippen LogP contribution in [0, 0.1) is 0 Å². The van der Waals surface area contributed by atoms with E-state index < -0.39 is 13.3 Å². The monoisotopic (exact) mass is 562 g/mol. The van der Waals surface area contributed by atoms with Gasteiger partial charge in [0.2, 0.25) is 5.71 Å². The van der Waals surface area contributed by atoms with E-state index in [0.717, 1.165) is 48.7 Å². The van der Waals surface area contributed by atoms with Crippen LogP contribution < -0.4 is 19.8 Å². The topological polar surface area (TPSA) is 92.9 Å². The summed E-state index contributed by atoms with van der Waals surface area (Å²) in [5.41, 5.74) is 5.01. The van der Waals surface area contributed by atoms with Crippen LogP contribution in [0.15, 0.2) is 71.6 Å². The summed E-state index contributed by atoms with van der Waals surface area (Å²) in [7, 11) is -4.13. The van der Waals surface area contributed by atoms with Crippen LogP contribution in [-0.2, 0) is 9.36 Å². The van der Waals surface area contributed by atoms with E-state index in [1.54, 1.807) is 0 Å². The van der Waals surface area contributed by atoms with Gasteiger partial charge in [-0.1, -0.05) is 18.2 Å². The van der Waals surface area contributed by atoms with E-state index in [1.165, 1.54) is 0 Å². The highest BCUT2D eigenvalue weighted by Crippen LogP contribution is 2.57. The molecule has 1 N–H and O–H groups in total. The van der Waals surface area contributed by atoms with E-state index in [2.05, 4.69) is 37.2 Å². The normalized spacial score (nSPS) is 17.7. The third-order valence-electron chi connectivity index (χ3n) is 7.59. The zero-order valence-corrected chi connectivity index (χ0v) is 24.7. The summed E-state index contributed by atoms with van der Waals surface area (Å²) in [6.07, 6.45) is 7.15. The Morgan fingerprint density at radius 1 is 1.00 bits per heavy atom. The molecule has 212 valence electrons. The van der Waals surface area contributed by atoms with Gasteiger partial charge < -0.3 is 24.2 Å². The third-order valence-corrected chi connectivity index (χ3v) is 9.60. The molecule has 4 rings (SSSR count). The molecular formula is C32H39N2O5P. The van der Waals surface area contributed by atoms with Gasteiger partial charge in [-0.25, -0.2) is 4.58 Å². The number of carboxylic acid groups (broad SMARTS) is 1. The van der Waals surface area contributed by atoms with Gasteiger partial charge in [0.05, 0.1) is 14.0 Å². The van der Waals surface area contributed by atoms with Gasteiger partial charge in [0.1, 0.15) is 18.8 Å². The average molecular weight is 563 g/mol. The molecule has 0 radical (unpaired) electrons. The molecule has 1 aliphatic heterocycles. The predicted octanol–water partition coefficient (Wildman–Crippen LogP) is 5.19. The lowest BCUT2D eigenvalue weighted by Gasteiger charge is -2.37. The summed E-state index contributed by atoms with van der Waals surface area (Å²) in [5.74, 6) is -0.107. The van der Waals surface area contributed by atoms with Crippen molar-refractivity contribution >= 4 is 35.6 Å². The molecule has 0 bridgehead atoms. The first-order valence-electron chi connectivity index (χ1n) is 14.2. The first kappa shape index (κ1) is 29.6. The number of benzene rings is 2. The van der Waals surface area contributed by atoms with Crippen LogP contribution in [0.25, 0.3) is 5.57 Å². The van der Waals surface area contributed by atoms with Gasteiger partial charge in [0.15, 0.2) is 0 Å². The number of allylic oxidation sites excluding steroid dienone is 5. The van der Waals surface area contributed by atoms with Crippen molar-refractivity contribution in [2.45, 2.75) is 47.0 Å². The van der Waals surface area contributed by atoms with Crippen LogP contribution in [0.4, 0.5) is 5.69 Å². The van der Waals surface area contributed by atoms with Gasteiger partial charge in [-0.05, 0) is 93.2 Å². The maximum Gasteiger partial charge on any atom is 0.303 e. The van der Waals surface area contributed by atoms with Crippen LogP contribution in [0.1, 0.15) is 58.1 Å². The second-order valence-corrected chi connectivity index (χ2v) is 12.0. The smallest absolute Gasteiger partial charge is 0.303 e. The summed E-state index contributed by atoms with van der Waals surface area (Å²) in [5, 5.41) is 9.52. The van der Waals surface area contributed by atoms with E-state index in [-0.39, 0.29) is 6.42 Å². The van der Waals surface area contributed by atoms with Gasteiger partial charge in [-0.3, -0.25) is 4.79 Å². The molecule has 1 atom stereocenters. The molecule has 1 aliphatic carbocycles. The number of aliphatic carboxylic acids is 1. The summed E-state index contributed by atoms with van der Waals surface area (Å²) < 4.78 is 22.1. The Hall–Kier alpha value is -3.41. The fraction of sp³-hybridized carbons (Fsp3) is 0.375. The second-order valence-electron chi connectivity index (χ2n) is 9.90. The SMILES string of the molecule is CCN(CC)c1ccc2c(c1)P(=O)([O-])C1=CC(=[N+](CC)CC)C=CC1=C2c1ccc(OCCCCC(=O)O)cc1. The van der Waals surface area contributed by atoms with Crippen molar-refractivity contribution in [1.29, 1.82) is 0 Å². The van der Waals surface area contributed by atoms with E-state index in [9.17, 15) is 14.3 Å². The van der Waals surface area contributed by atoms with Crippen molar-refractivity contribution in [3.8, 4) is 5.75 Å². The zero-order chi connectivity index (χ0) is 28.9. The molecule has 1 unspecified atom stereocenters. The molecule has 0 aromatic heterocycles. The number of hydrogen-bond donors (Lipinski definition) is 1. The van der Waals surface area contributed by atoms with Crippen LogP contribution in [0.2, 0.25) is 0 Å². The highest BCUT2D eigenvalue weighted by Gasteiger charge is 2.35. The number of hydrogen-bond acceptors (Lipinski definition) is 5. The Bertz CT molecular complexity index is 1430. The second kappa shape index (κ2) is 12.8. The Balaban J connectivity index is 1.80. The minimum atomic E-state index is -4.13. The average Bonchev–Trinajstić information content (AvgIpc) is 2.95. The summed E-state index contributed by atoms with van der Waals surface area (Å²) in [6, 6.07) is 13.5. The van der Waals surface area contributed by atoms with E-state index in [1.807, 2.05) is 60.7 Å². The van der Waals surface area contributed by atoms with Crippen molar-refractivity contribution in [2.75, 3.05) is 37.7 Å². The predicted molar refractivity (Wildman–Crippen MR) is 160 cm³/mol. The van der Waals surface area contributed by atoms with Crippen molar-refractivity contribution in [3.63, 3.8) is 0 Å². The lowest BCUT2D eigenvalue weighted by atomic mass is 9.89. The van der Waals surface area contributed by atoms with Crippen molar-refractivity contribution in [2.24, 2.45) is 0 Å². The van der Waals surface area contributed by atoms with Crippen LogP contribution in [0.3, 0.4) is 0 Å². The van der Waals surface area contributed by atoms with Gasteiger partial charge in [-0.15, -0.1) is 0 Å². The zero-order valence-electron chi connectivity index (χ0n) is 23.9. The van der Waals surface area contributed by atoms with Crippen molar-refractivity contribution in [1.82, 2.24) is 0 Å². The maximum absolute atomic E-state index is 14.2. The summed E-state index contributed by atoms with van der Waals surface area (Å²) in [4.78, 5) is 27.0. The molecule has 2 aliphatic rings. The van der Waals surface area contributed by atoms with Gasteiger partial charge in [-0.2, -0.15) is 0 Å². The minimum Gasteiger partial charge on any atom is -0.793 e. The van der Waals surface area contributed by atoms with Crippen molar-refractivity contribution in [3.05, 3.63) is 82.7 Å². The Kier molecular flexibility index (Phi) is 9.49. The molecule has 2 aromatic rings. The van der Waals surface area contributed by atoms with Gasteiger partial charge in [0.25, 0.3) is 0 Å². The molecule has 0 spiro atoms. The van der Waals surface area contributed by atoms with E-state index >= 15 is 0 Å². The van der Waals surface area contributed by atoms with Crippen molar-refractivity contribution < 1.29 is 28.7 Å². The summed E-state index contributed by atoms with van der Waals surface area (Å²) >= 11 is 0. The Morgan fingerprint density at radius 2 is 1.70 bits per heavy atom. The van der Waals surface area contributed by atoms with Crippen LogP contribution >= 0.6 is 7.37 Å². The number of carbonyl (C=O) groups is 1. The quantitative estimate of drug-likeness (QED) is 0.217. The number of anilines is 1. The standard InChI is InChI=1S/C32H39N2O5P/c1-5-33(6-2)24-14-18-27-29(21-24)40(37,38)30-22-25(34(7-3)8-4)15-19-28(30)32(27)23-12-16-26(17-13-23)39-20-10-9-11-31(35)36/h12-19,21-22H,5-11,20H2,1-4H3,(H-,35,36,37,38). The lowest BCUT2D eigenvalue weighted by molar-refractivity contribution is -0.519. The van der Waals surface area contributed by atoms with Gasteiger partial charge >= 0.3 is 5.97 Å². The van der Waals surface area contributed by atoms with Crippen LogP contribution in [-0.4, -0.2) is 54.1 Å². The Morgan fingerprint density at radius 3 is 2.33 bits per heavy atom. The maximum atomic E-state index is 14.2. The molecule has 8 heteroatoms. The minimum absolute atomic E-state index is 0.134. The highest BCUT2D eigenvalue weighted by atomic mass is 31.2. The first-order valence-corrected chi connectivity index (χ1v) is 15.8. The largest absolute Gasteiger partial charge is 0.793 e. The highest BCUT2D eigenvalue weighted by molar-refractivity contribution is 7.69. The molecular weight excluding hydrogens is 523 g/mol. The number of nitrogens with zero attached hydrogens (tertiary/aromatic N) is 2. The number of rotatable bonds is 12. The summed E-state index contributed by atoms with van der Waals surface area (Å²) in [6.45, 7) is 11.9. The van der Waals surface area contributed by atoms with Gasteiger partial charge in [0, 0.05) is 48.0 Å². The fourth-order valence-corrected chi connectivity index (χ4v) is 7.26. The number of unbranched alkanes of at least 4 members (excludes halogenated alkanes) is 1. The molecule has 0 saturated carbocycles. The molecule has 1 heterocycles. The van der Waals surface area contributed by atoms with Crippen LogP contribution in [0.5, 0.6) is 5.75 Å². The molecule has 2 aromatic carbocycles. The molecule has 0 saturated heterocycles. The van der Waals surface area contributed by atoms with E-state index in [0.29, 0.717) is 47.0 Å². The fourth-order valence-electron chi connectivity index (χ4n) is 5.39. The molecule has 40 heavy (non-hydrogen) atoms. The first-order chi connectivity index (χ1) is 19.2.